The molecule has 0 radical (unpaired) electrons. The zero-order valence-corrected chi connectivity index (χ0v) is 13.9. The van der Waals surface area contributed by atoms with E-state index in [1.54, 1.807) is 4.90 Å². The van der Waals surface area contributed by atoms with Crippen LogP contribution in [0.15, 0.2) is 48.5 Å². The standard InChI is InChI=1S/C21H19NO3/c23-20(11-5-6-12-21(24)25)22-15-18-9-2-1-7-16(18)13-14-17-8-3-4-10-19(17)22/h1-4,7-10H,5-6,11-12,15H2,(H,24,25). The molecule has 1 aliphatic heterocycles. The molecule has 1 aliphatic rings. The van der Waals surface area contributed by atoms with E-state index in [-0.39, 0.29) is 12.3 Å². The quantitative estimate of drug-likeness (QED) is 0.672. The molecule has 0 atom stereocenters. The highest BCUT2D eigenvalue weighted by molar-refractivity contribution is 5.95. The van der Waals surface area contributed by atoms with E-state index in [0.717, 1.165) is 22.4 Å². The summed E-state index contributed by atoms with van der Waals surface area (Å²) >= 11 is 0. The minimum atomic E-state index is -0.826. The van der Waals surface area contributed by atoms with Crippen LogP contribution in [0.3, 0.4) is 0 Å². The second kappa shape index (κ2) is 7.67. The van der Waals surface area contributed by atoms with Crippen molar-refractivity contribution in [3.05, 3.63) is 65.2 Å². The fourth-order valence-electron chi connectivity index (χ4n) is 2.89. The number of hydrogen-bond donors (Lipinski definition) is 1. The molecule has 0 saturated heterocycles. The van der Waals surface area contributed by atoms with Gasteiger partial charge >= 0.3 is 5.97 Å². The SMILES string of the molecule is O=C(O)CCCCC(=O)N1Cc2ccccc2C#Cc2ccccc21. The molecule has 1 heterocycles. The summed E-state index contributed by atoms with van der Waals surface area (Å²) in [5.74, 6) is 5.53. The lowest BCUT2D eigenvalue weighted by molar-refractivity contribution is -0.137. The predicted molar refractivity (Wildman–Crippen MR) is 96.2 cm³/mol. The number of hydrogen-bond acceptors (Lipinski definition) is 2. The van der Waals surface area contributed by atoms with Gasteiger partial charge in [0.25, 0.3) is 0 Å². The fourth-order valence-corrected chi connectivity index (χ4v) is 2.89. The fraction of sp³-hybridized carbons (Fsp3) is 0.238. The van der Waals surface area contributed by atoms with Crippen molar-refractivity contribution in [2.45, 2.75) is 32.2 Å². The first-order chi connectivity index (χ1) is 12.1. The molecule has 4 heteroatoms. The average molecular weight is 333 g/mol. The number of fused-ring (bicyclic) bond motifs is 2. The van der Waals surface area contributed by atoms with Crippen molar-refractivity contribution < 1.29 is 14.7 Å². The largest absolute Gasteiger partial charge is 0.481 e. The van der Waals surface area contributed by atoms with Crippen molar-refractivity contribution in [3.8, 4) is 11.8 Å². The summed E-state index contributed by atoms with van der Waals surface area (Å²) in [6.45, 7) is 0.472. The number of nitrogens with zero attached hydrogens (tertiary/aromatic N) is 1. The number of aliphatic carboxylic acids is 1. The Morgan fingerprint density at radius 2 is 1.56 bits per heavy atom. The summed E-state index contributed by atoms with van der Waals surface area (Å²) in [4.78, 5) is 25.2. The number of carbonyl (C=O) groups excluding carboxylic acids is 1. The maximum Gasteiger partial charge on any atom is 0.303 e. The summed E-state index contributed by atoms with van der Waals surface area (Å²) in [6.07, 6.45) is 1.50. The molecule has 0 bridgehead atoms. The van der Waals surface area contributed by atoms with E-state index in [4.69, 9.17) is 5.11 Å². The Hall–Kier alpha value is -3.06. The topological polar surface area (TPSA) is 57.6 Å². The number of carbonyl (C=O) groups is 2. The summed E-state index contributed by atoms with van der Waals surface area (Å²) in [5, 5.41) is 8.72. The third kappa shape index (κ3) is 4.07. The van der Waals surface area contributed by atoms with Crippen LogP contribution in [-0.2, 0) is 16.1 Å². The Balaban J connectivity index is 1.87. The van der Waals surface area contributed by atoms with Crippen molar-refractivity contribution in [1.82, 2.24) is 0 Å². The van der Waals surface area contributed by atoms with Crippen molar-refractivity contribution in [2.75, 3.05) is 4.90 Å². The molecule has 2 aromatic rings. The van der Waals surface area contributed by atoms with E-state index in [0.29, 0.717) is 25.8 Å². The van der Waals surface area contributed by atoms with E-state index >= 15 is 0 Å². The van der Waals surface area contributed by atoms with Gasteiger partial charge in [0.2, 0.25) is 5.91 Å². The van der Waals surface area contributed by atoms with Gasteiger partial charge in [0.15, 0.2) is 0 Å². The van der Waals surface area contributed by atoms with Gasteiger partial charge in [-0.05, 0) is 36.6 Å². The smallest absolute Gasteiger partial charge is 0.303 e. The third-order valence-electron chi connectivity index (χ3n) is 4.20. The second-order valence-electron chi connectivity index (χ2n) is 6.01. The number of unbranched alkanes of at least 4 members (excludes halogenated alkanes) is 1. The van der Waals surface area contributed by atoms with Crippen LogP contribution in [0.5, 0.6) is 0 Å². The Morgan fingerprint density at radius 3 is 2.36 bits per heavy atom. The van der Waals surface area contributed by atoms with Gasteiger partial charge in [-0.15, -0.1) is 0 Å². The highest BCUT2D eigenvalue weighted by Gasteiger charge is 2.20. The molecule has 0 aliphatic carbocycles. The Morgan fingerprint density at radius 1 is 0.920 bits per heavy atom. The van der Waals surface area contributed by atoms with Gasteiger partial charge in [0.05, 0.1) is 12.2 Å². The van der Waals surface area contributed by atoms with Crippen LogP contribution < -0.4 is 4.90 Å². The second-order valence-corrected chi connectivity index (χ2v) is 6.01. The first-order valence-electron chi connectivity index (χ1n) is 8.36. The lowest BCUT2D eigenvalue weighted by atomic mass is 10.0. The molecule has 0 saturated carbocycles. The highest BCUT2D eigenvalue weighted by Crippen LogP contribution is 2.26. The van der Waals surface area contributed by atoms with E-state index in [2.05, 4.69) is 11.8 Å². The predicted octanol–water partition coefficient (Wildman–Crippen LogP) is 3.58. The van der Waals surface area contributed by atoms with Gasteiger partial charge in [-0.3, -0.25) is 9.59 Å². The van der Waals surface area contributed by atoms with Crippen molar-refractivity contribution >= 4 is 17.6 Å². The minimum Gasteiger partial charge on any atom is -0.481 e. The number of benzene rings is 2. The molecule has 0 spiro atoms. The number of carboxylic acids is 1. The zero-order chi connectivity index (χ0) is 17.6. The maximum atomic E-state index is 12.8. The molecular weight excluding hydrogens is 314 g/mol. The van der Waals surface area contributed by atoms with Crippen LogP contribution in [0.25, 0.3) is 0 Å². The lowest BCUT2D eigenvalue weighted by Gasteiger charge is -2.26. The number of amides is 1. The summed E-state index contributed by atoms with van der Waals surface area (Å²) in [6, 6.07) is 15.5. The van der Waals surface area contributed by atoms with E-state index in [1.807, 2.05) is 48.5 Å². The molecule has 2 aromatic carbocycles. The van der Waals surface area contributed by atoms with Gasteiger partial charge in [-0.2, -0.15) is 0 Å². The van der Waals surface area contributed by atoms with E-state index in [1.165, 1.54) is 0 Å². The van der Waals surface area contributed by atoms with Crippen LogP contribution in [0, 0.1) is 11.8 Å². The van der Waals surface area contributed by atoms with Crippen LogP contribution in [0.2, 0.25) is 0 Å². The number of anilines is 1. The Labute approximate surface area is 147 Å². The molecule has 3 rings (SSSR count). The monoisotopic (exact) mass is 333 g/mol. The maximum absolute atomic E-state index is 12.8. The number of carboxylic acid groups (broad SMARTS) is 1. The van der Waals surface area contributed by atoms with Gasteiger partial charge in [-0.25, -0.2) is 0 Å². The van der Waals surface area contributed by atoms with Gasteiger partial charge in [0.1, 0.15) is 0 Å². The van der Waals surface area contributed by atoms with Crippen molar-refractivity contribution in [1.29, 1.82) is 0 Å². The summed E-state index contributed by atoms with van der Waals surface area (Å²) in [5.41, 5.74) is 3.59. The average Bonchev–Trinajstić information content (AvgIpc) is 2.60. The van der Waals surface area contributed by atoms with E-state index in [9.17, 15) is 9.59 Å². The normalized spacial score (nSPS) is 12.1. The molecule has 1 N–H and O–H groups in total. The molecule has 126 valence electrons. The van der Waals surface area contributed by atoms with Crippen LogP contribution in [0.4, 0.5) is 5.69 Å². The van der Waals surface area contributed by atoms with Crippen LogP contribution >= 0.6 is 0 Å². The van der Waals surface area contributed by atoms with Crippen LogP contribution in [0.1, 0.15) is 42.4 Å². The van der Waals surface area contributed by atoms with E-state index < -0.39 is 5.97 Å². The first kappa shape index (κ1) is 16.8. The van der Waals surface area contributed by atoms with Gasteiger partial charge < -0.3 is 10.0 Å². The summed E-state index contributed by atoms with van der Waals surface area (Å²) < 4.78 is 0. The van der Waals surface area contributed by atoms with Crippen LogP contribution in [-0.4, -0.2) is 17.0 Å². The molecule has 1 amide bonds. The molecule has 0 aromatic heterocycles. The number of rotatable bonds is 5. The summed E-state index contributed by atoms with van der Waals surface area (Å²) in [7, 11) is 0. The Kier molecular flexibility index (Phi) is 5.15. The molecular formula is C21H19NO3. The highest BCUT2D eigenvalue weighted by atomic mass is 16.4. The molecule has 0 fully saturated rings. The molecule has 4 nitrogen and oxygen atoms in total. The Bertz CT molecular complexity index is 861. The molecule has 0 unspecified atom stereocenters. The third-order valence-corrected chi connectivity index (χ3v) is 4.20. The zero-order valence-electron chi connectivity index (χ0n) is 13.9. The van der Waals surface area contributed by atoms with Crippen molar-refractivity contribution in [2.24, 2.45) is 0 Å². The molecule has 25 heavy (non-hydrogen) atoms. The minimum absolute atomic E-state index is 0.00339. The van der Waals surface area contributed by atoms with Gasteiger partial charge in [-0.1, -0.05) is 42.2 Å². The number of para-hydroxylation sites is 1. The first-order valence-corrected chi connectivity index (χ1v) is 8.36. The van der Waals surface area contributed by atoms with Crippen molar-refractivity contribution in [3.63, 3.8) is 0 Å². The van der Waals surface area contributed by atoms with Gasteiger partial charge in [0, 0.05) is 24.0 Å². The lowest BCUT2D eigenvalue weighted by Crippen LogP contribution is -2.31.